The third kappa shape index (κ3) is 9.61. The molecule has 3 aliphatic heterocycles. The Bertz CT molecular complexity index is 1700. The monoisotopic (exact) mass is 795 g/mol. The fourth-order valence-corrected chi connectivity index (χ4v) is 9.38. The summed E-state index contributed by atoms with van der Waals surface area (Å²) < 4.78 is 33.6. The SMILES string of the molecule is CC[C@H]1OC(=O)[C@H](C)C(=O)[C@H](C)[C@@H](O[C@H]2C[C@@H](N(C)C)C[C@@H](C)O2)[C@](C)(OC)C[C@@H](C)C(=O)[C@H](C)[C@@H]2N(CCCCn3cnc(-c4cccnc4)c3)C(=O)O[C@@]21C. The van der Waals surface area contributed by atoms with Crippen molar-refractivity contribution in [2.75, 3.05) is 27.7 Å². The van der Waals surface area contributed by atoms with Crippen LogP contribution in [0.5, 0.6) is 0 Å². The summed E-state index contributed by atoms with van der Waals surface area (Å²) in [5.41, 5.74) is -0.759. The van der Waals surface area contributed by atoms with Crippen molar-refractivity contribution in [1.29, 1.82) is 0 Å². The number of pyridine rings is 1. The van der Waals surface area contributed by atoms with Gasteiger partial charge in [0.05, 0.1) is 35.9 Å². The number of hydrogen-bond donors (Lipinski definition) is 0. The molecular weight excluding hydrogens is 730 g/mol. The molecule has 2 aromatic heterocycles. The average molecular weight is 796 g/mol. The van der Waals surface area contributed by atoms with Crippen LogP contribution in [0.15, 0.2) is 37.1 Å². The van der Waals surface area contributed by atoms with E-state index >= 15 is 0 Å². The molecule has 0 unspecified atom stereocenters. The molecule has 0 aliphatic carbocycles. The Hall–Kier alpha value is -3.72. The molecule has 0 bridgehead atoms. The van der Waals surface area contributed by atoms with Crippen LogP contribution < -0.4 is 0 Å². The molecule has 0 radical (unpaired) electrons. The molecule has 14 heteroatoms. The Morgan fingerprint density at radius 1 is 0.982 bits per heavy atom. The standard InChI is InChI=1S/C43H65N5O9/c1-12-34-43(8)38(48(41(52)57-43)19-14-13-18-47-24-33(45-25-47)31-16-15-17-44-23-31)28(4)36(49)26(2)22-42(7,53-11)39(29(5)37(50)30(6)40(51)55-34)56-35-21-32(46(9)10)20-27(3)54-35/h15-17,23-30,32,34-35,38-39H,12-14,18-22H2,1-11H3/t26-,27-,28+,29+,30-,32+,34-,35+,38+,39-,42-,43-/m1/s1. The minimum Gasteiger partial charge on any atom is -0.458 e. The van der Waals surface area contributed by atoms with Crippen LogP contribution in [0.1, 0.15) is 93.9 Å². The van der Waals surface area contributed by atoms with Crippen LogP contribution in [0, 0.1) is 23.7 Å². The smallest absolute Gasteiger partial charge is 0.410 e. The maximum absolute atomic E-state index is 14.7. The summed E-state index contributed by atoms with van der Waals surface area (Å²) in [4.78, 5) is 69.3. The second-order valence-electron chi connectivity index (χ2n) is 17.2. The molecule has 12 atom stereocenters. The normalized spacial score (nSPS) is 35.8. The van der Waals surface area contributed by atoms with Crippen molar-refractivity contribution in [3.8, 4) is 11.3 Å². The van der Waals surface area contributed by atoms with E-state index in [1.807, 2.05) is 71.6 Å². The van der Waals surface area contributed by atoms with Gasteiger partial charge >= 0.3 is 12.1 Å². The predicted molar refractivity (Wildman–Crippen MR) is 213 cm³/mol. The van der Waals surface area contributed by atoms with Crippen LogP contribution in [-0.4, -0.2) is 124 Å². The highest BCUT2D eigenvalue weighted by Gasteiger charge is 2.60. The highest BCUT2D eigenvalue weighted by molar-refractivity contribution is 6.00. The van der Waals surface area contributed by atoms with Crippen LogP contribution >= 0.6 is 0 Å². The van der Waals surface area contributed by atoms with Gasteiger partial charge in [0.2, 0.25) is 0 Å². The number of unbranched alkanes of at least 4 members (excludes halogenated alkanes) is 1. The molecule has 316 valence electrons. The molecule has 0 aromatic carbocycles. The van der Waals surface area contributed by atoms with E-state index in [1.165, 1.54) is 0 Å². The second-order valence-corrected chi connectivity index (χ2v) is 17.2. The number of methoxy groups -OCH3 is 1. The minimum absolute atomic E-state index is 0.0829. The molecule has 1 amide bonds. The summed E-state index contributed by atoms with van der Waals surface area (Å²) >= 11 is 0. The first kappa shape index (κ1) is 44.4. The molecule has 14 nitrogen and oxygen atoms in total. The van der Waals surface area contributed by atoms with Crippen LogP contribution in [0.25, 0.3) is 11.3 Å². The van der Waals surface area contributed by atoms with E-state index < -0.39 is 71.5 Å². The van der Waals surface area contributed by atoms with Crippen LogP contribution in [0.3, 0.4) is 0 Å². The molecular formula is C43H65N5O9. The minimum atomic E-state index is -1.37. The lowest BCUT2D eigenvalue weighted by atomic mass is 9.73. The van der Waals surface area contributed by atoms with Crippen LogP contribution in [0.4, 0.5) is 4.79 Å². The number of esters is 1. The fourth-order valence-electron chi connectivity index (χ4n) is 9.38. The van der Waals surface area contributed by atoms with E-state index in [9.17, 15) is 19.2 Å². The van der Waals surface area contributed by atoms with Gasteiger partial charge in [-0.1, -0.05) is 27.7 Å². The van der Waals surface area contributed by atoms with Gasteiger partial charge in [-0.15, -0.1) is 0 Å². The molecule has 0 saturated carbocycles. The highest BCUT2D eigenvalue weighted by Crippen LogP contribution is 2.43. The lowest BCUT2D eigenvalue weighted by molar-refractivity contribution is -0.262. The number of fused-ring (bicyclic) bond motifs is 1. The van der Waals surface area contributed by atoms with E-state index in [1.54, 1.807) is 51.5 Å². The number of ether oxygens (including phenoxy) is 5. The zero-order valence-corrected chi connectivity index (χ0v) is 35.8. The molecule has 0 N–H and O–H groups in total. The maximum Gasteiger partial charge on any atom is 0.410 e. The second kappa shape index (κ2) is 18.5. The molecule has 2 aromatic rings. The third-order valence-corrected chi connectivity index (χ3v) is 12.7. The fraction of sp³-hybridized carbons (Fsp3) is 0.721. The van der Waals surface area contributed by atoms with E-state index in [-0.39, 0.29) is 30.1 Å². The number of amides is 1. The highest BCUT2D eigenvalue weighted by atomic mass is 16.7. The largest absolute Gasteiger partial charge is 0.458 e. The average Bonchev–Trinajstić information content (AvgIpc) is 3.77. The summed E-state index contributed by atoms with van der Waals surface area (Å²) in [6.07, 6.45) is 7.44. The van der Waals surface area contributed by atoms with Gasteiger partial charge in [-0.3, -0.25) is 19.4 Å². The summed E-state index contributed by atoms with van der Waals surface area (Å²) in [5.74, 6) is -4.46. The number of aryl methyl sites for hydroxylation is 1. The van der Waals surface area contributed by atoms with Gasteiger partial charge in [0.15, 0.2) is 17.7 Å². The summed E-state index contributed by atoms with van der Waals surface area (Å²) in [5, 5.41) is 0. The number of rotatable bonds is 11. The van der Waals surface area contributed by atoms with Gasteiger partial charge in [0.1, 0.15) is 17.8 Å². The van der Waals surface area contributed by atoms with Crippen molar-refractivity contribution in [2.45, 2.75) is 148 Å². The Morgan fingerprint density at radius 3 is 2.35 bits per heavy atom. The first-order valence-corrected chi connectivity index (χ1v) is 20.7. The van der Waals surface area contributed by atoms with Crippen molar-refractivity contribution in [2.24, 2.45) is 23.7 Å². The zero-order valence-electron chi connectivity index (χ0n) is 35.8. The van der Waals surface area contributed by atoms with Gasteiger partial charge in [-0.2, -0.15) is 0 Å². The van der Waals surface area contributed by atoms with Gasteiger partial charge < -0.3 is 38.1 Å². The lowest BCUT2D eigenvalue weighted by Gasteiger charge is -2.45. The van der Waals surface area contributed by atoms with Crippen LogP contribution in [0.2, 0.25) is 0 Å². The van der Waals surface area contributed by atoms with E-state index in [0.29, 0.717) is 32.4 Å². The summed E-state index contributed by atoms with van der Waals surface area (Å²) in [6, 6.07) is 3.27. The molecule has 3 aliphatic rings. The molecule has 57 heavy (non-hydrogen) atoms. The topological polar surface area (TPSA) is 152 Å². The van der Waals surface area contributed by atoms with Gasteiger partial charge in [-0.05, 0) is 86.0 Å². The van der Waals surface area contributed by atoms with Gasteiger partial charge in [-0.25, -0.2) is 9.78 Å². The molecule has 3 saturated heterocycles. The number of hydrogen-bond acceptors (Lipinski definition) is 12. The number of nitrogens with zero attached hydrogens (tertiary/aromatic N) is 5. The number of Topliss-reactive ketones (excluding diaryl/α,β-unsaturated/α-hetero) is 2. The van der Waals surface area contributed by atoms with Crippen LogP contribution in [-0.2, 0) is 44.6 Å². The molecule has 5 rings (SSSR count). The molecule has 5 heterocycles. The number of aromatic nitrogens is 3. The van der Waals surface area contributed by atoms with Gasteiger partial charge in [0, 0.05) is 74.6 Å². The van der Waals surface area contributed by atoms with E-state index in [4.69, 9.17) is 23.7 Å². The predicted octanol–water partition coefficient (Wildman–Crippen LogP) is 5.96. The van der Waals surface area contributed by atoms with Crippen molar-refractivity contribution >= 4 is 23.6 Å². The number of carbonyl (C=O) groups is 4. The third-order valence-electron chi connectivity index (χ3n) is 12.7. The number of ketones is 2. The van der Waals surface area contributed by atoms with Crippen molar-refractivity contribution in [1.82, 2.24) is 24.3 Å². The van der Waals surface area contributed by atoms with E-state index in [2.05, 4.69) is 14.9 Å². The Kier molecular flexibility index (Phi) is 14.4. The lowest BCUT2D eigenvalue weighted by Crippen LogP contribution is -2.59. The number of carbonyl (C=O) groups excluding carboxylic acids is 4. The summed E-state index contributed by atoms with van der Waals surface area (Å²) in [7, 11) is 5.60. The molecule has 0 spiro atoms. The summed E-state index contributed by atoms with van der Waals surface area (Å²) in [6.45, 7) is 15.4. The van der Waals surface area contributed by atoms with Crippen molar-refractivity contribution < 1.29 is 42.9 Å². The zero-order chi connectivity index (χ0) is 41.8. The molecule has 3 fully saturated rings. The first-order valence-electron chi connectivity index (χ1n) is 20.7. The number of imidazole rings is 1. The first-order chi connectivity index (χ1) is 26.9. The van der Waals surface area contributed by atoms with Gasteiger partial charge in [0.25, 0.3) is 0 Å². The Balaban J connectivity index is 1.42. The van der Waals surface area contributed by atoms with Crippen molar-refractivity contribution in [3.05, 3.63) is 37.1 Å². The number of cyclic esters (lactones) is 1. The van der Waals surface area contributed by atoms with Crippen molar-refractivity contribution in [3.63, 3.8) is 0 Å². The maximum atomic E-state index is 14.7. The Labute approximate surface area is 338 Å². The quantitative estimate of drug-likeness (QED) is 0.150. The Morgan fingerprint density at radius 2 is 1.70 bits per heavy atom. The van der Waals surface area contributed by atoms with E-state index in [0.717, 1.165) is 24.1 Å².